The second kappa shape index (κ2) is 3.94. The first-order chi connectivity index (χ1) is 5.37. The Labute approximate surface area is 71.7 Å². The highest BCUT2D eigenvalue weighted by molar-refractivity contribution is 5.92. The molecule has 0 aliphatic carbocycles. The molecule has 0 saturated carbocycles. The van der Waals surface area contributed by atoms with E-state index in [4.69, 9.17) is 5.73 Å². The summed E-state index contributed by atoms with van der Waals surface area (Å²) < 4.78 is 0. The predicted octanol–water partition coefficient (Wildman–Crippen LogP) is 0.553. The third-order valence-corrected chi connectivity index (χ3v) is 1.57. The molecule has 0 aromatic rings. The van der Waals surface area contributed by atoms with E-state index >= 15 is 0 Å². The average molecular weight is 173 g/mol. The number of primary amides is 1. The van der Waals surface area contributed by atoms with Gasteiger partial charge in [0.1, 0.15) is 0 Å². The Hall–Kier alpha value is -1.26. The van der Waals surface area contributed by atoms with Gasteiger partial charge in [-0.1, -0.05) is 6.92 Å². The highest BCUT2D eigenvalue weighted by Gasteiger charge is 2.17. The highest BCUT2D eigenvalue weighted by atomic mass is 16.2. The van der Waals surface area contributed by atoms with E-state index in [1.54, 1.807) is 0 Å². The van der Waals surface area contributed by atoms with Crippen molar-refractivity contribution in [3.8, 4) is 0 Å². The predicted molar refractivity (Wildman–Crippen MR) is 45.6 cm³/mol. The van der Waals surface area contributed by atoms with Crippen LogP contribution in [0.5, 0.6) is 0 Å². The van der Waals surface area contributed by atoms with Crippen molar-refractivity contribution in [1.82, 2.24) is 10.6 Å². The van der Waals surface area contributed by atoms with Crippen LogP contribution in [0.1, 0.15) is 27.2 Å². The van der Waals surface area contributed by atoms with Crippen molar-refractivity contribution >= 4 is 12.1 Å². The third kappa shape index (κ3) is 4.54. The molecule has 0 atom stereocenters. The zero-order valence-electron chi connectivity index (χ0n) is 7.60. The average Bonchev–Trinajstić information content (AvgIpc) is 1.84. The summed E-state index contributed by atoms with van der Waals surface area (Å²) in [6.07, 6.45) is 0.777. The fraction of sp³-hybridized carbons (Fsp3) is 0.714. The van der Waals surface area contributed by atoms with Crippen LogP contribution >= 0.6 is 0 Å². The number of carbonyl (C=O) groups is 2. The minimum Gasteiger partial charge on any atom is -0.351 e. The molecule has 0 aromatic carbocycles. The van der Waals surface area contributed by atoms with Gasteiger partial charge in [0, 0.05) is 5.54 Å². The number of hydrogen-bond acceptors (Lipinski definition) is 2. The van der Waals surface area contributed by atoms with E-state index in [1.807, 2.05) is 26.1 Å². The van der Waals surface area contributed by atoms with Crippen LogP contribution in [-0.2, 0) is 0 Å². The number of rotatable bonds is 2. The number of urea groups is 2. The summed E-state index contributed by atoms with van der Waals surface area (Å²) in [6, 6.07) is -1.41. The Morgan fingerprint density at radius 2 is 1.92 bits per heavy atom. The number of amides is 4. The molecule has 0 unspecified atom stereocenters. The second-order valence-corrected chi connectivity index (χ2v) is 3.18. The van der Waals surface area contributed by atoms with E-state index < -0.39 is 12.1 Å². The molecule has 0 heterocycles. The summed E-state index contributed by atoms with van der Waals surface area (Å²) in [5.41, 5.74) is 4.42. The molecule has 0 bridgehead atoms. The van der Waals surface area contributed by atoms with E-state index in [0.717, 1.165) is 6.42 Å². The summed E-state index contributed by atoms with van der Waals surface area (Å²) in [5.74, 6) is 0. The zero-order valence-corrected chi connectivity index (χ0v) is 7.60. The van der Waals surface area contributed by atoms with Gasteiger partial charge in [-0.15, -0.1) is 0 Å². The van der Waals surface area contributed by atoms with Crippen molar-refractivity contribution in [2.24, 2.45) is 5.73 Å². The minimum atomic E-state index is -0.848. The number of nitrogens with two attached hydrogens (primary N) is 1. The van der Waals surface area contributed by atoms with Gasteiger partial charge in [0.15, 0.2) is 0 Å². The van der Waals surface area contributed by atoms with Gasteiger partial charge in [0.25, 0.3) is 0 Å². The fourth-order valence-electron chi connectivity index (χ4n) is 0.539. The van der Waals surface area contributed by atoms with Gasteiger partial charge in [-0.2, -0.15) is 0 Å². The normalized spacial score (nSPS) is 10.6. The molecule has 0 aromatic heterocycles. The molecule has 0 aliphatic heterocycles. The summed E-state index contributed by atoms with van der Waals surface area (Å²) in [5, 5.41) is 4.51. The first kappa shape index (κ1) is 10.7. The van der Waals surface area contributed by atoms with Crippen LogP contribution in [0.2, 0.25) is 0 Å². The number of imide groups is 1. The Morgan fingerprint density at radius 1 is 1.42 bits per heavy atom. The maximum absolute atomic E-state index is 10.9. The molecule has 0 saturated heterocycles. The maximum Gasteiger partial charge on any atom is 0.323 e. The maximum atomic E-state index is 10.9. The van der Waals surface area contributed by atoms with E-state index in [9.17, 15) is 9.59 Å². The Morgan fingerprint density at radius 3 is 2.25 bits per heavy atom. The van der Waals surface area contributed by atoms with Crippen LogP contribution < -0.4 is 16.4 Å². The van der Waals surface area contributed by atoms with Crippen molar-refractivity contribution in [3.63, 3.8) is 0 Å². The monoisotopic (exact) mass is 173 g/mol. The SMILES string of the molecule is CCC(C)(C)NC(=O)NC(N)=O. The van der Waals surface area contributed by atoms with E-state index in [1.165, 1.54) is 0 Å². The molecule has 12 heavy (non-hydrogen) atoms. The first-order valence-corrected chi connectivity index (χ1v) is 3.76. The highest BCUT2D eigenvalue weighted by Crippen LogP contribution is 2.05. The van der Waals surface area contributed by atoms with Crippen molar-refractivity contribution < 1.29 is 9.59 Å². The van der Waals surface area contributed by atoms with Crippen LogP contribution in [0.3, 0.4) is 0 Å². The topological polar surface area (TPSA) is 84.2 Å². The second-order valence-electron chi connectivity index (χ2n) is 3.18. The van der Waals surface area contributed by atoms with E-state index in [0.29, 0.717) is 0 Å². The van der Waals surface area contributed by atoms with Crippen LogP contribution in [0, 0.1) is 0 Å². The molecule has 0 spiro atoms. The van der Waals surface area contributed by atoms with Crippen LogP contribution in [0.4, 0.5) is 9.59 Å². The summed E-state index contributed by atoms with van der Waals surface area (Å²) in [4.78, 5) is 21.1. The fourth-order valence-corrected chi connectivity index (χ4v) is 0.539. The van der Waals surface area contributed by atoms with Gasteiger partial charge in [0.2, 0.25) is 0 Å². The number of hydrogen-bond donors (Lipinski definition) is 3. The largest absolute Gasteiger partial charge is 0.351 e. The lowest BCUT2D eigenvalue weighted by Gasteiger charge is -2.23. The van der Waals surface area contributed by atoms with Gasteiger partial charge in [-0.25, -0.2) is 9.59 Å². The Balaban J connectivity index is 3.92. The van der Waals surface area contributed by atoms with Crippen molar-refractivity contribution in [2.45, 2.75) is 32.7 Å². The molecule has 70 valence electrons. The molecule has 0 fully saturated rings. The summed E-state index contributed by atoms with van der Waals surface area (Å²) in [6.45, 7) is 5.64. The molecule has 5 nitrogen and oxygen atoms in total. The van der Waals surface area contributed by atoms with Crippen molar-refractivity contribution in [2.75, 3.05) is 0 Å². The zero-order chi connectivity index (χ0) is 9.78. The standard InChI is InChI=1S/C7H15N3O2/c1-4-7(2,3)10-6(12)9-5(8)11/h4H2,1-3H3,(H4,8,9,10,11,12). The lowest BCUT2D eigenvalue weighted by molar-refractivity contribution is 0.223. The van der Waals surface area contributed by atoms with Gasteiger partial charge < -0.3 is 11.1 Å². The molecule has 0 radical (unpaired) electrons. The van der Waals surface area contributed by atoms with Gasteiger partial charge in [-0.3, -0.25) is 5.32 Å². The van der Waals surface area contributed by atoms with Crippen LogP contribution in [-0.4, -0.2) is 17.6 Å². The number of nitrogens with one attached hydrogen (secondary N) is 2. The number of carbonyl (C=O) groups excluding carboxylic acids is 2. The van der Waals surface area contributed by atoms with E-state index in [-0.39, 0.29) is 5.54 Å². The molecule has 5 heteroatoms. The molecule has 0 rings (SSSR count). The molecule has 4 N–H and O–H groups in total. The van der Waals surface area contributed by atoms with Crippen LogP contribution in [0.25, 0.3) is 0 Å². The van der Waals surface area contributed by atoms with E-state index in [2.05, 4.69) is 5.32 Å². The summed E-state index contributed by atoms with van der Waals surface area (Å²) in [7, 11) is 0. The molecular weight excluding hydrogens is 158 g/mol. The quantitative estimate of drug-likeness (QED) is 0.569. The lowest BCUT2D eigenvalue weighted by Crippen LogP contribution is -2.50. The molecular formula is C7H15N3O2. The smallest absolute Gasteiger partial charge is 0.323 e. The Bertz CT molecular complexity index is 189. The van der Waals surface area contributed by atoms with Crippen molar-refractivity contribution in [1.29, 1.82) is 0 Å². The van der Waals surface area contributed by atoms with Gasteiger partial charge >= 0.3 is 12.1 Å². The molecule has 4 amide bonds. The summed E-state index contributed by atoms with van der Waals surface area (Å²) >= 11 is 0. The van der Waals surface area contributed by atoms with Crippen LogP contribution in [0.15, 0.2) is 0 Å². The third-order valence-electron chi connectivity index (χ3n) is 1.57. The Kier molecular flexibility index (Phi) is 3.53. The van der Waals surface area contributed by atoms with Crippen molar-refractivity contribution in [3.05, 3.63) is 0 Å². The first-order valence-electron chi connectivity index (χ1n) is 3.76. The minimum absolute atomic E-state index is 0.320. The lowest BCUT2D eigenvalue weighted by atomic mass is 10.0. The van der Waals surface area contributed by atoms with Gasteiger partial charge in [0.05, 0.1) is 0 Å². The van der Waals surface area contributed by atoms with Gasteiger partial charge in [-0.05, 0) is 20.3 Å². The molecule has 0 aliphatic rings.